The maximum atomic E-state index is 11.2. The monoisotopic (exact) mass is 493 g/mol. The van der Waals surface area contributed by atoms with E-state index < -0.39 is 11.9 Å². The number of carbonyl (C=O) groups is 2. The van der Waals surface area contributed by atoms with Crippen molar-refractivity contribution in [2.45, 2.75) is 116 Å². The van der Waals surface area contributed by atoms with Crippen LogP contribution in [0.5, 0.6) is 0 Å². The molecule has 7 heteroatoms. The van der Waals surface area contributed by atoms with Crippen LogP contribution in [0.1, 0.15) is 137 Å². The molecule has 0 saturated heterocycles. The molecule has 184 valence electrons. The molecule has 5 nitrogen and oxygen atoms in total. The molecule has 34 heavy (non-hydrogen) atoms. The Morgan fingerprint density at radius 2 is 1.00 bits per heavy atom. The molecule has 0 amide bonds. The first-order chi connectivity index (χ1) is 15.6. The molecule has 0 aliphatic carbocycles. The van der Waals surface area contributed by atoms with Gasteiger partial charge >= 0.3 is 11.9 Å². The third-order valence-electron chi connectivity index (χ3n) is 6.09. The summed E-state index contributed by atoms with van der Waals surface area (Å²) in [5, 5.41) is 21.4. The number of aromatic carboxylic acids is 2. The Balaban J connectivity index is 0. The Morgan fingerprint density at radius 1 is 0.618 bits per heavy atom. The van der Waals surface area contributed by atoms with Gasteiger partial charge in [0.1, 0.15) is 0 Å². The summed E-state index contributed by atoms with van der Waals surface area (Å²) in [7, 11) is 0. The van der Waals surface area contributed by atoms with Crippen LogP contribution in [0, 0.1) is 0 Å². The van der Waals surface area contributed by atoms with Crippen LogP contribution in [0.2, 0.25) is 0 Å². The minimum atomic E-state index is -1.22. The average Bonchev–Trinajstić information content (AvgIpc) is 2.78. The van der Waals surface area contributed by atoms with E-state index >= 15 is 0 Å². The van der Waals surface area contributed by atoms with Crippen LogP contribution in [-0.4, -0.2) is 87.8 Å². The van der Waals surface area contributed by atoms with Gasteiger partial charge in [-0.1, -0.05) is 110 Å². The first kappa shape index (κ1) is 36.1. The summed E-state index contributed by atoms with van der Waals surface area (Å²) >= 11 is 0. The third-order valence-corrected chi connectivity index (χ3v) is 6.09. The molecule has 0 atom stereocenters. The van der Waals surface area contributed by atoms with Crippen molar-refractivity contribution in [2.24, 2.45) is 0 Å². The summed E-state index contributed by atoms with van der Waals surface area (Å²) < 4.78 is 0. The zero-order valence-corrected chi connectivity index (χ0v) is 26.2. The van der Waals surface area contributed by atoms with Gasteiger partial charge in [-0.3, -0.25) is 0 Å². The third kappa shape index (κ3) is 18.3. The molecule has 2 radical (unpaired) electrons. The van der Waals surface area contributed by atoms with Crippen molar-refractivity contribution in [3.05, 3.63) is 29.3 Å². The second-order valence-electron chi connectivity index (χ2n) is 8.95. The molecule has 1 aromatic carbocycles. The molecule has 1 aromatic rings. The number of hydrogen-bond donors (Lipinski definition) is 3. The van der Waals surface area contributed by atoms with Crippen molar-refractivity contribution in [3.8, 4) is 0 Å². The van der Waals surface area contributed by atoms with Crippen LogP contribution in [0.3, 0.4) is 0 Å². The minimum Gasteiger partial charge on any atom is -0.478 e. The molecule has 3 N–H and O–H groups in total. The van der Waals surface area contributed by atoms with Crippen LogP contribution >= 0.6 is 0 Å². The topological polar surface area (TPSA) is 86.6 Å². The van der Waals surface area contributed by atoms with Gasteiger partial charge in [-0.05, 0) is 24.6 Å². The Labute approximate surface area is 251 Å². The Morgan fingerprint density at radius 3 is 1.38 bits per heavy atom. The quantitative estimate of drug-likeness (QED) is 0.123. The van der Waals surface area contributed by atoms with Gasteiger partial charge in [-0.15, -0.1) is 0 Å². The largest absolute Gasteiger partial charge is 0.478 e. The first-order valence-corrected chi connectivity index (χ1v) is 12.9. The number of anilines is 1. The molecule has 0 unspecified atom stereocenters. The van der Waals surface area contributed by atoms with Crippen molar-refractivity contribution >= 4 is 76.7 Å². The second-order valence-corrected chi connectivity index (χ2v) is 8.95. The molecule has 1 rings (SSSR count). The van der Waals surface area contributed by atoms with Crippen molar-refractivity contribution in [1.29, 1.82) is 0 Å². The molecule has 0 aliphatic rings. The Hall–Kier alpha value is -0.0400. The van der Waals surface area contributed by atoms with Gasteiger partial charge in [0, 0.05) is 71.3 Å². The predicted octanol–water partition coefficient (Wildman–Crippen LogP) is 7.38. The second kappa shape index (κ2) is 24.6. The minimum absolute atomic E-state index is 0. The van der Waals surface area contributed by atoms with Gasteiger partial charge in [-0.25, -0.2) is 9.59 Å². The fraction of sp³-hybridized carbons (Fsp3) is 0.704. The number of carboxylic acids is 2. The van der Waals surface area contributed by atoms with E-state index in [4.69, 9.17) is 5.11 Å². The van der Waals surface area contributed by atoms with E-state index in [1.807, 2.05) is 0 Å². The van der Waals surface area contributed by atoms with E-state index in [9.17, 15) is 14.7 Å². The van der Waals surface area contributed by atoms with Gasteiger partial charge in [0.05, 0.1) is 11.1 Å². The molecule has 0 heterocycles. The molecule has 0 spiro atoms. The van der Waals surface area contributed by atoms with E-state index in [1.54, 1.807) is 6.07 Å². The molecule has 0 bridgehead atoms. The number of rotatable bonds is 21. The van der Waals surface area contributed by atoms with Crippen LogP contribution in [-0.2, 0) is 0 Å². The van der Waals surface area contributed by atoms with Gasteiger partial charge in [0.25, 0.3) is 0 Å². The van der Waals surface area contributed by atoms with Crippen molar-refractivity contribution in [1.82, 2.24) is 0 Å². The van der Waals surface area contributed by atoms with Crippen LogP contribution < -0.4 is 5.32 Å². The fourth-order valence-electron chi connectivity index (χ4n) is 4.10. The van der Waals surface area contributed by atoms with Gasteiger partial charge in [0.2, 0.25) is 0 Å². The maximum Gasteiger partial charge on any atom is 0.336 e. The van der Waals surface area contributed by atoms with Crippen molar-refractivity contribution in [3.63, 3.8) is 0 Å². The van der Waals surface area contributed by atoms with E-state index in [1.165, 1.54) is 108 Å². The fourth-order valence-corrected chi connectivity index (χ4v) is 4.10. The van der Waals surface area contributed by atoms with Crippen LogP contribution in [0.15, 0.2) is 18.2 Å². The summed E-state index contributed by atoms with van der Waals surface area (Å²) in [6.07, 6.45) is 22.8. The Bertz CT molecular complexity index is 656. The zero-order valence-electron chi connectivity index (χ0n) is 22.2. The number of nitrogens with one attached hydrogen (secondary N) is 1. The SMILES string of the molecule is CCCCCCCCCCCCCCCCCCCNc1ccc(C(=O)O)c(C(=O)O)c1.[Na].[Na]. The predicted molar refractivity (Wildman–Crippen MR) is 145 cm³/mol. The molecule has 0 fully saturated rings. The summed E-state index contributed by atoms with van der Waals surface area (Å²) in [5.41, 5.74) is 0.301. The van der Waals surface area contributed by atoms with E-state index in [0.717, 1.165) is 19.4 Å². The van der Waals surface area contributed by atoms with Crippen LogP contribution in [0.25, 0.3) is 0 Å². The van der Waals surface area contributed by atoms with E-state index in [-0.39, 0.29) is 70.2 Å². The number of hydrogen-bond acceptors (Lipinski definition) is 3. The van der Waals surface area contributed by atoms with Crippen molar-refractivity contribution in [2.75, 3.05) is 11.9 Å². The summed E-state index contributed by atoms with van der Waals surface area (Å²) in [6, 6.07) is 4.38. The first-order valence-electron chi connectivity index (χ1n) is 12.9. The standard InChI is InChI=1S/C27H45NO4.2Na/c1-2-3-4-5-6-7-8-9-10-11-12-13-14-15-16-17-18-21-28-23-19-20-24(26(29)30)25(22-23)27(31)32;;/h19-20,22,28H,2-18,21H2,1H3,(H,29,30)(H,31,32);;. The van der Waals surface area contributed by atoms with Gasteiger partial charge < -0.3 is 15.5 Å². The smallest absolute Gasteiger partial charge is 0.336 e. The van der Waals surface area contributed by atoms with E-state index in [2.05, 4.69) is 12.2 Å². The number of benzene rings is 1. The Kier molecular flexibility index (Phi) is 26.2. The molecular weight excluding hydrogens is 448 g/mol. The summed E-state index contributed by atoms with van der Waals surface area (Å²) in [4.78, 5) is 22.3. The van der Waals surface area contributed by atoms with Gasteiger partial charge in [0.15, 0.2) is 0 Å². The van der Waals surface area contributed by atoms with Crippen LogP contribution in [0.4, 0.5) is 5.69 Å². The molecule has 0 aliphatic heterocycles. The number of unbranched alkanes of at least 4 members (excludes halogenated alkanes) is 16. The molecular formula is C27H45NNa2O4. The molecule has 0 saturated carbocycles. The van der Waals surface area contributed by atoms with Crippen molar-refractivity contribution < 1.29 is 19.8 Å². The van der Waals surface area contributed by atoms with E-state index in [0.29, 0.717) is 5.69 Å². The molecule has 0 aromatic heterocycles. The number of carboxylic acid groups (broad SMARTS) is 2. The summed E-state index contributed by atoms with van der Waals surface area (Å²) in [6.45, 7) is 3.04. The van der Waals surface area contributed by atoms with Gasteiger partial charge in [-0.2, -0.15) is 0 Å². The maximum absolute atomic E-state index is 11.2. The zero-order chi connectivity index (χ0) is 23.4. The normalized spacial score (nSPS) is 10.3. The average molecular weight is 494 g/mol. The summed E-state index contributed by atoms with van der Waals surface area (Å²) in [5.74, 6) is -2.44.